The monoisotopic (exact) mass is 426 g/mol. The lowest BCUT2D eigenvalue weighted by Gasteiger charge is -2.41. The van der Waals surface area contributed by atoms with Crippen molar-refractivity contribution < 1.29 is 25.2 Å². The Bertz CT molecular complexity index is 1010. The molecule has 2 fully saturated rings. The molecule has 2 heterocycles. The van der Waals surface area contributed by atoms with Gasteiger partial charge in [-0.15, -0.1) is 11.3 Å². The Hall–Kier alpha value is -1.80. The fraction of sp³-hybridized carbons (Fsp3) is 0.417. The van der Waals surface area contributed by atoms with Gasteiger partial charge in [0.15, 0.2) is 0 Å². The van der Waals surface area contributed by atoms with Crippen molar-refractivity contribution in [3.05, 3.63) is 70.1 Å². The van der Waals surface area contributed by atoms with Gasteiger partial charge < -0.3 is 25.2 Å². The number of ether oxygens (including phenoxy) is 1. The number of hydrogen-bond donors (Lipinski definition) is 4. The van der Waals surface area contributed by atoms with E-state index in [9.17, 15) is 20.4 Å². The molecule has 2 aromatic carbocycles. The third-order valence-electron chi connectivity index (χ3n) is 6.22. The summed E-state index contributed by atoms with van der Waals surface area (Å²) in [7, 11) is 0. The molecule has 1 saturated heterocycles. The van der Waals surface area contributed by atoms with E-state index in [0.717, 1.165) is 36.0 Å². The first-order valence-corrected chi connectivity index (χ1v) is 11.3. The Labute approximate surface area is 179 Å². The molecule has 1 saturated carbocycles. The summed E-state index contributed by atoms with van der Waals surface area (Å²) < 4.78 is 7.14. The third-order valence-corrected chi connectivity index (χ3v) is 7.34. The van der Waals surface area contributed by atoms with Crippen LogP contribution >= 0.6 is 11.3 Å². The van der Waals surface area contributed by atoms with Crippen LogP contribution < -0.4 is 0 Å². The molecular formula is C24H26O5S. The van der Waals surface area contributed by atoms with E-state index < -0.39 is 37.1 Å². The fourth-order valence-electron chi connectivity index (χ4n) is 4.43. The van der Waals surface area contributed by atoms with Crippen molar-refractivity contribution in [2.45, 2.75) is 55.7 Å². The van der Waals surface area contributed by atoms with Crippen LogP contribution in [0.3, 0.4) is 0 Å². The molecule has 0 amide bonds. The van der Waals surface area contributed by atoms with Crippen LogP contribution in [-0.2, 0) is 11.2 Å². The van der Waals surface area contributed by atoms with E-state index in [1.54, 1.807) is 11.3 Å². The van der Waals surface area contributed by atoms with Crippen LogP contribution in [0, 0.1) is 0 Å². The van der Waals surface area contributed by atoms with E-state index in [2.05, 4.69) is 36.4 Å². The molecule has 0 bridgehead atoms. The first-order valence-electron chi connectivity index (χ1n) is 10.5. The maximum absolute atomic E-state index is 10.7. The fourth-order valence-corrected chi connectivity index (χ4v) is 5.53. The summed E-state index contributed by atoms with van der Waals surface area (Å²) in [5.74, 6) is 0.436. The SMILES string of the molecule is OCC1OC(c2cc(Cc3cc4ccccc4s3)ccc2C2CC2)[C@H](O)C(O)[C@@H]1O. The summed E-state index contributed by atoms with van der Waals surface area (Å²) in [4.78, 5) is 1.26. The standard InChI is InChI=1S/C24H26O5S/c25-12-19-21(26)22(27)23(28)24(29-19)18-10-13(5-8-17(18)14-6-7-14)9-16-11-15-3-1-2-4-20(15)30-16/h1-5,8,10-11,14,19,21-28H,6-7,9,12H2/t19?,21-,22?,23-,24?/m1/s1. The number of rotatable bonds is 5. The zero-order valence-electron chi connectivity index (χ0n) is 16.5. The van der Waals surface area contributed by atoms with Gasteiger partial charge in [0.1, 0.15) is 30.5 Å². The molecule has 0 spiro atoms. The first kappa shape index (κ1) is 20.1. The Balaban J connectivity index is 1.49. The zero-order valence-corrected chi connectivity index (χ0v) is 17.3. The van der Waals surface area contributed by atoms with Crippen LogP contribution in [0.15, 0.2) is 48.5 Å². The molecule has 5 rings (SSSR count). The number of thiophene rings is 1. The highest BCUT2D eigenvalue weighted by Crippen LogP contribution is 2.46. The molecule has 1 aliphatic heterocycles. The van der Waals surface area contributed by atoms with Gasteiger partial charge in [-0.3, -0.25) is 0 Å². The van der Waals surface area contributed by atoms with E-state index in [1.807, 2.05) is 12.1 Å². The molecule has 1 aliphatic carbocycles. The van der Waals surface area contributed by atoms with Crippen LogP contribution in [0.4, 0.5) is 0 Å². The van der Waals surface area contributed by atoms with Crippen LogP contribution in [-0.4, -0.2) is 51.4 Å². The topological polar surface area (TPSA) is 90.2 Å². The van der Waals surface area contributed by atoms with E-state index in [0.29, 0.717) is 5.92 Å². The highest BCUT2D eigenvalue weighted by molar-refractivity contribution is 7.19. The molecule has 30 heavy (non-hydrogen) atoms. The second-order valence-corrected chi connectivity index (χ2v) is 9.58. The highest BCUT2D eigenvalue weighted by Gasteiger charge is 2.45. The summed E-state index contributed by atoms with van der Waals surface area (Å²) in [6.07, 6.45) is -2.66. The minimum absolute atomic E-state index is 0.415. The van der Waals surface area contributed by atoms with E-state index in [4.69, 9.17) is 4.74 Å². The number of hydrogen-bond acceptors (Lipinski definition) is 6. The van der Waals surface area contributed by atoms with Gasteiger partial charge in [-0.1, -0.05) is 36.4 Å². The third kappa shape index (κ3) is 3.68. The minimum atomic E-state index is -1.36. The Morgan fingerprint density at radius 3 is 2.43 bits per heavy atom. The van der Waals surface area contributed by atoms with Crippen LogP contribution in [0.2, 0.25) is 0 Å². The van der Waals surface area contributed by atoms with E-state index in [1.165, 1.54) is 15.0 Å². The lowest BCUT2D eigenvalue weighted by molar-refractivity contribution is -0.231. The molecule has 6 heteroatoms. The summed E-state index contributed by atoms with van der Waals surface area (Å²) in [6.45, 7) is -0.415. The number of aliphatic hydroxyl groups excluding tert-OH is 4. The van der Waals surface area contributed by atoms with Gasteiger partial charge in [-0.2, -0.15) is 0 Å². The van der Waals surface area contributed by atoms with Crippen LogP contribution in [0.25, 0.3) is 10.1 Å². The normalized spacial score (nSPS) is 29.4. The summed E-state index contributed by atoms with van der Waals surface area (Å²) in [6, 6.07) is 16.8. The van der Waals surface area contributed by atoms with Gasteiger partial charge in [0.25, 0.3) is 0 Å². The second kappa shape index (κ2) is 8.04. The lowest BCUT2D eigenvalue weighted by Crippen LogP contribution is -2.55. The maximum atomic E-state index is 10.7. The maximum Gasteiger partial charge on any atom is 0.113 e. The first-order chi connectivity index (χ1) is 14.5. The Morgan fingerprint density at radius 2 is 1.70 bits per heavy atom. The van der Waals surface area contributed by atoms with Gasteiger partial charge >= 0.3 is 0 Å². The minimum Gasteiger partial charge on any atom is -0.394 e. The number of aliphatic hydroxyl groups is 4. The predicted octanol–water partition coefficient (Wildman–Crippen LogP) is 2.88. The van der Waals surface area contributed by atoms with Crippen molar-refractivity contribution in [3.8, 4) is 0 Å². The molecule has 4 N–H and O–H groups in total. The molecule has 2 aliphatic rings. The molecule has 158 valence electrons. The lowest BCUT2D eigenvalue weighted by atomic mass is 9.87. The van der Waals surface area contributed by atoms with Crippen molar-refractivity contribution in [1.29, 1.82) is 0 Å². The Morgan fingerprint density at radius 1 is 0.900 bits per heavy atom. The number of fused-ring (bicyclic) bond motifs is 1. The van der Waals surface area contributed by atoms with Gasteiger partial charge in [-0.25, -0.2) is 0 Å². The van der Waals surface area contributed by atoms with Gasteiger partial charge in [0, 0.05) is 16.0 Å². The van der Waals surface area contributed by atoms with Crippen LogP contribution in [0.1, 0.15) is 46.4 Å². The molecule has 1 aromatic heterocycles. The Kier molecular flexibility index (Phi) is 5.39. The van der Waals surface area contributed by atoms with Crippen LogP contribution in [0.5, 0.6) is 0 Å². The molecule has 5 atom stereocenters. The van der Waals surface area contributed by atoms with Crippen molar-refractivity contribution in [3.63, 3.8) is 0 Å². The zero-order chi connectivity index (χ0) is 20.8. The summed E-state index contributed by atoms with van der Waals surface area (Å²) in [5.41, 5.74) is 3.09. The van der Waals surface area contributed by atoms with Gasteiger partial charge in [0.05, 0.1) is 6.61 Å². The molecule has 3 aromatic rings. The number of benzene rings is 2. The molecule has 3 unspecified atom stereocenters. The van der Waals surface area contributed by atoms with Gasteiger partial charge in [-0.05, 0) is 53.0 Å². The molecule has 5 nitrogen and oxygen atoms in total. The molecular weight excluding hydrogens is 400 g/mol. The smallest absolute Gasteiger partial charge is 0.113 e. The van der Waals surface area contributed by atoms with E-state index in [-0.39, 0.29) is 0 Å². The van der Waals surface area contributed by atoms with Crippen molar-refractivity contribution in [1.82, 2.24) is 0 Å². The van der Waals surface area contributed by atoms with Crippen molar-refractivity contribution in [2.24, 2.45) is 0 Å². The average molecular weight is 427 g/mol. The summed E-state index contributed by atoms with van der Waals surface area (Å²) >= 11 is 1.77. The second-order valence-electron chi connectivity index (χ2n) is 8.41. The van der Waals surface area contributed by atoms with E-state index >= 15 is 0 Å². The van der Waals surface area contributed by atoms with Crippen molar-refractivity contribution in [2.75, 3.05) is 6.61 Å². The molecule has 0 radical (unpaired) electrons. The van der Waals surface area contributed by atoms with Crippen molar-refractivity contribution >= 4 is 21.4 Å². The average Bonchev–Trinajstić information content (AvgIpc) is 3.51. The summed E-state index contributed by atoms with van der Waals surface area (Å²) in [5, 5.41) is 41.9. The largest absolute Gasteiger partial charge is 0.394 e. The van der Waals surface area contributed by atoms with Gasteiger partial charge in [0.2, 0.25) is 0 Å². The quantitative estimate of drug-likeness (QED) is 0.504. The highest BCUT2D eigenvalue weighted by atomic mass is 32.1. The predicted molar refractivity (Wildman–Crippen MR) is 116 cm³/mol.